The molecular formula is C59H86Cl2N4O18. The SMILES string of the molecule is CC[C@H]1OC(=O)[C@H](C)[C@@H](O[C@H]2C[C@@](C)(OC)[C@@H](OC(C)=O)[C@H](C)O2)[C@H](C)[C@@H](O[C@@H]2O[C@H](C)C[C@H](N(C)C)[C@H]2OC(C)=O)[C@](C)(OC)C[C@@H](C)C(=O)[C@H](C)[C@H]2N(CCCOc3cc(C(=O)Nc4c(Cl)cncc4Cl)ccc3OC)C(=O)O[C@]12C. The predicted octanol–water partition coefficient (Wildman–Crippen LogP) is 8.48. The number of Topliss-reactive ketones (excluding diaryl/α,β-unsaturated/α-hetero) is 1. The molecule has 4 fully saturated rings. The second-order valence-electron chi connectivity index (χ2n) is 23.3. The number of pyridine rings is 1. The molecule has 18 atom stereocenters. The molecule has 0 unspecified atom stereocenters. The molecule has 464 valence electrons. The first-order chi connectivity index (χ1) is 39.0. The lowest BCUT2D eigenvalue weighted by Crippen LogP contribution is -2.62. The Kier molecular flexibility index (Phi) is 22.7. The molecule has 24 heteroatoms. The number of amides is 2. The highest BCUT2D eigenvalue weighted by Crippen LogP contribution is 2.46. The van der Waals surface area contributed by atoms with Gasteiger partial charge in [0, 0.05) is 76.7 Å². The number of benzene rings is 1. The molecule has 2 aromatic rings. The van der Waals surface area contributed by atoms with Crippen molar-refractivity contribution in [2.24, 2.45) is 23.7 Å². The fraction of sp³-hybridized carbons (Fsp3) is 0.712. The van der Waals surface area contributed by atoms with Crippen LogP contribution in [0.1, 0.15) is 126 Å². The van der Waals surface area contributed by atoms with Crippen LogP contribution in [0.15, 0.2) is 30.6 Å². The molecule has 4 saturated heterocycles. The van der Waals surface area contributed by atoms with Crippen LogP contribution >= 0.6 is 23.2 Å². The Balaban J connectivity index is 1.38. The second kappa shape index (κ2) is 28.1. The maximum absolute atomic E-state index is 15.4. The molecule has 0 saturated carbocycles. The molecule has 4 aliphatic rings. The Bertz CT molecular complexity index is 2610. The number of nitrogens with zero attached hydrogens (tertiary/aromatic N) is 3. The minimum atomic E-state index is -1.58. The summed E-state index contributed by atoms with van der Waals surface area (Å²) < 4.78 is 76.3. The molecule has 5 heterocycles. The first-order valence-electron chi connectivity index (χ1n) is 28.4. The first kappa shape index (κ1) is 67.2. The van der Waals surface area contributed by atoms with Gasteiger partial charge in [-0.1, -0.05) is 50.9 Å². The number of carbonyl (C=O) groups excluding carboxylic acids is 6. The number of hydrogen-bond donors (Lipinski definition) is 1. The van der Waals surface area contributed by atoms with Crippen LogP contribution in [0, 0.1) is 23.7 Å². The van der Waals surface area contributed by atoms with Crippen molar-refractivity contribution < 1.29 is 85.6 Å². The number of nitrogens with one attached hydrogen (secondary N) is 1. The van der Waals surface area contributed by atoms with Crippen molar-refractivity contribution in [3.8, 4) is 11.5 Å². The molecule has 4 aliphatic heterocycles. The van der Waals surface area contributed by atoms with E-state index in [0.717, 1.165) is 0 Å². The minimum Gasteiger partial charge on any atom is -0.493 e. The van der Waals surface area contributed by atoms with Crippen molar-refractivity contribution in [3.05, 3.63) is 46.2 Å². The number of likely N-dealkylation sites (N-methyl/N-ethyl adjacent to an activating group) is 1. The molecule has 0 radical (unpaired) electrons. The lowest BCUT2D eigenvalue weighted by Gasteiger charge is -2.50. The lowest BCUT2D eigenvalue weighted by molar-refractivity contribution is -0.320. The van der Waals surface area contributed by atoms with E-state index in [4.69, 9.17) is 80.0 Å². The van der Waals surface area contributed by atoms with E-state index in [9.17, 15) is 19.2 Å². The van der Waals surface area contributed by atoms with Gasteiger partial charge in [-0.05, 0) is 99.5 Å². The van der Waals surface area contributed by atoms with Gasteiger partial charge < -0.3 is 72.0 Å². The topological polar surface area (TPSA) is 245 Å². The number of ketones is 1. The zero-order valence-electron chi connectivity index (χ0n) is 50.9. The van der Waals surface area contributed by atoms with Crippen LogP contribution in [-0.4, -0.2) is 183 Å². The van der Waals surface area contributed by atoms with Gasteiger partial charge in [-0.25, -0.2) is 4.79 Å². The van der Waals surface area contributed by atoms with Crippen molar-refractivity contribution in [2.75, 3.05) is 53.9 Å². The summed E-state index contributed by atoms with van der Waals surface area (Å²) >= 11 is 12.5. The highest BCUT2D eigenvalue weighted by molar-refractivity contribution is 6.39. The van der Waals surface area contributed by atoms with Crippen molar-refractivity contribution in [3.63, 3.8) is 0 Å². The van der Waals surface area contributed by atoms with Gasteiger partial charge in [-0.15, -0.1) is 0 Å². The Labute approximate surface area is 497 Å². The summed E-state index contributed by atoms with van der Waals surface area (Å²) in [4.78, 5) is 91.1. The Morgan fingerprint density at radius 3 is 2.06 bits per heavy atom. The highest BCUT2D eigenvalue weighted by atomic mass is 35.5. The summed E-state index contributed by atoms with van der Waals surface area (Å²) in [5, 5.41) is 3.00. The van der Waals surface area contributed by atoms with Gasteiger partial charge in [-0.2, -0.15) is 0 Å². The van der Waals surface area contributed by atoms with E-state index < -0.39 is 126 Å². The predicted molar refractivity (Wildman–Crippen MR) is 304 cm³/mol. The molecule has 22 nitrogen and oxygen atoms in total. The Hall–Kier alpha value is -4.91. The summed E-state index contributed by atoms with van der Waals surface area (Å²) in [7, 11) is 8.23. The van der Waals surface area contributed by atoms with Crippen molar-refractivity contribution in [1.82, 2.24) is 14.8 Å². The first-order valence-corrected chi connectivity index (χ1v) is 29.1. The molecule has 0 bridgehead atoms. The molecule has 83 heavy (non-hydrogen) atoms. The van der Waals surface area contributed by atoms with Crippen LogP contribution in [0.2, 0.25) is 10.0 Å². The van der Waals surface area contributed by atoms with E-state index in [-0.39, 0.29) is 83.8 Å². The maximum atomic E-state index is 15.4. The van der Waals surface area contributed by atoms with Gasteiger partial charge in [0.05, 0.1) is 77.5 Å². The van der Waals surface area contributed by atoms with Gasteiger partial charge in [0.25, 0.3) is 5.91 Å². The third-order valence-corrected chi connectivity index (χ3v) is 17.5. The van der Waals surface area contributed by atoms with Crippen LogP contribution in [0.25, 0.3) is 0 Å². The third kappa shape index (κ3) is 15.0. The average molecular weight is 1210 g/mol. The number of cyclic esters (lactones) is 1. The number of carbonyl (C=O) groups is 6. The standard InChI is InChI=1S/C59H86Cl2N4O18/c1-18-44-59(12)50(65(56(71)83-59)22-19-23-75-43-25-38(20-21-42(43)72-15)53(69)63-46-39(60)28-62-29-40(46)61)32(4)47(68)30(2)26-57(10,73-16)51(82-55-49(78-36(8)66)41(64(13)14)24-31(3)76-55)33(5)48(34(6)54(70)80-44)81-45-27-58(11,74-17)52(35(7)77-45)79-37(9)67/h20-21,25,28-35,41,44-45,48-52,55H,18-19,22-24,26-27H2,1-17H3,(H,62,63,69)/t30-,31-,32+,33+,34-,35+,41+,44-,45+,48+,49-,50-,51-,52+,55+,57-,58-,59-/m1/s1. The van der Waals surface area contributed by atoms with E-state index in [0.29, 0.717) is 12.2 Å². The van der Waals surface area contributed by atoms with E-state index in [2.05, 4.69) is 10.3 Å². The molecule has 0 spiro atoms. The van der Waals surface area contributed by atoms with Crippen LogP contribution in [0.5, 0.6) is 11.5 Å². The van der Waals surface area contributed by atoms with Gasteiger partial charge in [0.2, 0.25) is 0 Å². The zero-order chi connectivity index (χ0) is 61.6. The lowest BCUT2D eigenvalue weighted by atomic mass is 9.73. The van der Waals surface area contributed by atoms with Crippen LogP contribution in [0.4, 0.5) is 10.5 Å². The molecular weight excluding hydrogens is 1120 g/mol. The molecule has 0 aliphatic carbocycles. The van der Waals surface area contributed by atoms with E-state index in [1.54, 1.807) is 60.6 Å². The Morgan fingerprint density at radius 1 is 0.831 bits per heavy atom. The zero-order valence-corrected chi connectivity index (χ0v) is 52.5. The molecule has 2 amide bonds. The van der Waals surface area contributed by atoms with E-state index in [1.807, 2.05) is 39.8 Å². The summed E-state index contributed by atoms with van der Waals surface area (Å²) in [6.45, 7) is 20.4. The summed E-state index contributed by atoms with van der Waals surface area (Å²) in [5.74, 6) is -5.67. The second-order valence-corrected chi connectivity index (χ2v) is 24.1. The Morgan fingerprint density at radius 2 is 1.47 bits per heavy atom. The molecule has 6 rings (SSSR count). The maximum Gasteiger partial charge on any atom is 0.410 e. The highest BCUT2D eigenvalue weighted by Gasteiger charge is 2.61. The number of anilines is 1. The number of fused-ring (bicyclic) bond motifs is 1. The number of ether oxygens (including phenoxy) is 12. The van der Waals surface area contributed by atoms with Gasteiger partial charge in [0.15, 0.2) is 41.9 Å². The largest absolute Gasteiger partial charge is 0.493 e. The van der Waals surface area contributed by atoms with E-state index >= 15 is 9.59 Å². The van der Waals surface area contributed by atoms with Gasteiger partial charge in [-0.3, -0.25) is 29.0 Å². The van der Waals surface area contributed by atoms with Gasteiger partial charge in [0.1, 0.15) is 17.5 Å². The monoisotopic (exact) mass is 1210 g/mol. The molecule has 1 aromatic carbocycles. The third-order valence-electron chi connectivity index (χ3n) is 17.0. The molecule has 1 N–H and O–H groups in total. The number of halogens is 2. The molecule has 1 aromatic heterocycles. The fourth-order valence-corrected chi connectivity index (χ4v) is 13.1. The summed E-state index contributed by atoms with van der Waals surface area (Å²) in [6, 6.07) is 3.29. The van der Waals surface area contributed by atoms with Crippen LogP contribution in [-0.2, 0) is 66.5 Å². The van der Waals surface area contributed by atoms with Crippen LogP contribution < -0.4 is 14.8 Å². The van der Waals surface area contributed by atoms with Gasteiger partial charge >= 0.3 is 24.0 Å². The smallest absolute Gasteiger partial charge is 0.410 e. The number of methoxy groups -OCH3 is 3. The minimum absolute atomic E-state index is 0.0146. The van der Waals surface area contributed by atoms with Crippen molar-refractivity contribution in [2.45, 2.75) is 199 Å². The normalized spacial score (nSPS) is 35.3. The van der Waals surface area contributed by atoms with Crippen LogP contribution in [0.3, 0.4) is 0 Å². The van der Waals surface area contributed by atoms with E-state index in [1.165, 1.54) is 58.5 Å². The quantitative estimate of drug-likeness (QED) is 0.0835. The average Bonchev–Trinajstić information content (AvgIpc) is 3.29. The van der Waals surface area contributed by atoms with Crippen molar-refractivity contribution >= 4 is 64.6 Å². The summed E-state index contributed by atoms with van der Waals surface area (Å²) in [6.07, 6.45) is -5.47. The summed E-state index contributed by atoms with van der Waals surface area (Å²) in [5.41, 5.74) is -3.69. The number of rotatable bonds is 18. The fourth-order valence-electron chi connectivity index (χ4n) is 12.6. The number of aromatic nitrogens is 1. The number of hydrogen-bond acceptors (Lipinski definition) is 20. The van der Waals surface area contributed by atoms with Crippen molar-refractivity contribution in [1.29, 1.82) is 0 Å². The number of esters is 3.